The second-order valence-corrected chi connectivity index (χ2v) is 6.77. The molecule has 2 nitrogen and oxygen atoms in total. The molecule has 2 aromatic rings. The number of benzene rings is 2. The third-order valence-corrected chi connectivity index (χ3v) is 4.50. The molecule has 0 aromatic heterocycles. The number of alkyl halides is 3. The van der Waals surface area contributed by atoms with Crippen molar-refractivity contribution in [2.75, 3.05) is 18.0 Å². The number of hydrogen-bond donors (Lipinski definition) is 0. The highest BCUT2D eigenvalue weighted by Crippen LogP contribution is 2.35. The second-order valence-electron chi connectivity index (χ2n) is 5.86. The normalized spacial score (nSPS) is 14.8. The number of rotatable bonds is 2. The lowest BCUT2D eigenvalue weighted by Gasteiger charge is -2.28. The Morgan fingerprint density at radius 3 is 2.54 bits per heavy atom. The molecule has 0 saturated heterocycles. The summed E-state index contributed by atoms with van der Waals surface area (Å²) in [4.78, 5) is 5.33. The van der Waals surface area contributed by atoms with Crippen LogP contribution in [0.3, 0.4) is 0 Å². The van der Waals surface area contributed by atoms with Gasteiger partial charge in [-0.2, -0.15) is 13.2 Å². The van der Waals surface area contributed by atoms with Crippen LogP contribution >= 0.6 is 23.8 Å². The minimum atomic E-state index is -4.46. The number of halogens is 5. The number of anilines is 1. The van der Waals surface area contributed by atoms with Gasteiger partial charge in [-0.15, -0.1) is 0 Å². The summed E-state index contributed by atoms with van der Waals surface area (Å²) in [5.74, 6) is -0.523. The molecule has 0 unspecified atom stereocenters. The molecular formula is C18H13ClF4N2S. The molecule has 0 saturated carbocycles. The van der Waals surface area contributed by atoms with Gasteiger partial charge in [-0.25, -0.2) is 4.39 Å². The molecule has 1 aliphatic rings. The molecule has 0 fully saturated rings. The van der Waals surface area contributed by atoms with Gasteiger partial charge in [0.1, 0.15) is 17.4 Å². The van der Waals surface area contributed by atoms with Crippen LogP contribution in [0.15, 0.2) is 41.4 Å². The molecule has 2 aromatic carbocycles. The Balaban J connectivity index is 2.26. The van der Waals surface area contributed by atoms with Crippen molar-refractivity contribution >= 4 is 40.2 Å². The van der Waals surface area contributed by atoms with E-state index >= 15 is 0 Å². The minimum absolute atomic E-state index is 0.0142. The zero-order chi connectivity index (χ0) is 19.1. The van der Waals surface area contributed by atoms with E-state index in [0.29, 0.717) is 16.1 Å². The van der Waals surface area contributed by atoms with Crippen molar-refractivity contribution in [2.24, 2.45) is 4.99 Å². The van der Waals surface area contributed by atoms with Crippen LogP contribution in [0.1, 0.15) is 16.7 Å². The summed E-state index contributed by atoms with van der Waals surface area (Å²) >= 11 is 11.3. The molecular weight excluding hydrogens is 388 g/mol. The zero-order valence-corrected chi connectivity index (χ0v) is 15.1. The van der Waals surface area contributed by atoms with Crippen molar-refractivity contribution in [3.05, 3.63) is 63.9 Å². The summed E-state index contributed by atoms with van der Waals surface area (Å²) in [6, 6.07) is 9.00. The van der Waals surface area contributed by atoms with Crippen molar-refractivity contribution in [3.8, 4) is 0 Å². The average Bonchev–Trinajstić information content (AvgIpc) is 2.65. The largest absolute Gasteiger partial charge is 0.406 e. The lowest BCUT2D eigenvalue weighted by Crippen LogP contribution is -2.39. The van der Waals surface area contributed by atoms with Crippen LogP contribution in [0, 0.1) is 12.7 Å². The number of benzodiazepines with no additional fused rings is 1. The molecule has 3 rings (SSSR count). The van der Waals surface area contributed by atoms with E-state index in [2.05, 4.69) is 4.99 Å². The molecule has 0 spiro atoms. The maximum Gasteiger partial charge on any atom is 0.406 e. The third-order valence-electron chi connectivity index (χ3n) is 3.93. The summed E-state index contributed by atoms with van der Waals surface area (Å²) in [6.45, 7) is 0.239. The fraction of sp³-hybridized carbons (Fsp3) is 0.222. The Hall–Kier alpha value is -1.99. The van der Waals surface area contributed by atoms with E-state index in [1.54, 1.807) is 19.1 Å². The van der Waals surface area contributed by atoms with Crippen LogP contribution < -0.4 is 4.90 Å². The van der Waals surface area contributed by atoms with Gasteiger partial charge in [-0.1, -0.05) is 36.0 Å². The van der Waals surface area contributed by atoms with Crippen molar-refractivity contribution < 1.29 is 17.6 Å². The topological polar surface area (TPSA) is 15.6 Å². The Labute approximate surface area is 158 Å². The highest BCUT2D eigenvalue weighted by atomic mass is 35.5. The van der Waals surface area contributed by atoms with E-state index in [0.717, 1.165) is 4.90 Å². The number of nitrogens with zero attached hydrogens (tertiary/aromatic N) is 2. The zero-order valence-electron chi connectivity index (χ0n) is 13.6. The molecule has 136 valence electrons. The Bertz CT molecular complexity index is 909. The predicted molar refractivity (Wildman–Crippen MR) is 99.1 cm³/mol. The first-order valence-electron chi connectivity index (χ1n) is 7.64. The van der Waals surface area contributed by atoms with Crippen LogP contribution in [0.5, 0.6) is 0 Å². The van der Waals surface area contributed by atoms with Crippen molar-refractivity contribution in [3.63, 3.8) is 0 Å². The van der Waals surface area contributed by atoms with Crippen molar-refractivity contribution in [2.45, 2.75) is 13.1 Å². The predicted octanol–water partition coefficient (Wildman–Crippen LogP) is 5.33. The lowest BCUT2D eigenvalue weighted by atomic mass is 9.97. The fourth-order valence-corrected chi connectivity index (χ4v) is 3.44. The molecule has 26 heavy (non-hydrogen) atoms. The number of aliphatic imine (C=N–C) groups is 1. The van der Waals surface area contributed by atoms with Gasteiger partial charge in [0.15, 0.2) is 0 Å². The lowest BCUT2D eigenvalue weighted by molar-refractivity contribution is -0.117. The van der Waals surface area contributed by atoms with E-state index in [-0.39, 0.29) is 28.5 Å². The maximum absolute atomic E-state index is 14.3. The first-order valence-corrected chi connectivity index (χ1v) is 8.43. The molecule has 0 bridgehead atoms. The fourth-order valence-electron chi connectivity index (χ4n) is 2.95. The van der Waals surface area contributed by atoms with Gasteiger partial charge in [0.25, 0.3) is 0 Å². The molecule has 1 aliphatic heterocycles. The summed E-state index contributed by atoms with van der Waals surface area (Å²) in [7, 11) is 0. The number of fused-ring (bicyclic) bond motifs is 1. The highest BCUT2D eigenvalue weighted by molar-refractivity contribution is 7.80. The molecule has 8 heteroatoms. The van der Waals surface area contributed by atoms with Gasteiger partial charge >= 0.3 is 6.18 Å². The monoisotopic (exact) mass is 400 g/mol. The number of aryl methyl sites for hydroxylation is 1. The van der Waals surface area contributed by atoms with Crippen molar-refractivity contribution in [1.29, 1.82) is 0 Å². The van der Waals surface area contributed by atoms with Crippen molar-refractivity contribution in [1.82, 2.24) is 0 Å². The Morgan fingerprint density at radius 1 is 1.19 bits per heavy atom. The quantitative estimate of drug-likeness (QED) is 0.500. The van der Waals surface area contributed by atoms with Crippen LogP contribution in [-0.4, -0.2) is 30.0 Å². The molecule has 0 amide bonds. The van der Waals surface area contributed by atoms with E-state index in [1.165, 1.54) is 24.3 Å². The SMILES string of the molecule is Cc1cc(Cl)cc2c1N(CC(F)(F)F)C(=S)CN=C2c1ccccc1F. The Morgan fingerprint density at radius 2 is 1.88 bits per heavy atom. The Kier molecular flexibility index (Phi) is 5.03. The van der Waals surface area contributed by atoms with Crippen LogP contribution in [0.25, 0.3) is 0 Å². The number of hydrogen-bond acceptors (Lipinski definition) is 2. The first-order chi connectivity index (χ1) is 12.2. The van der Waals surface area contributed by atoms with Gasteiger partial charge in [-0.05, 0) is 36.8 Å². The highest BCUT2D eigenvalue weighted by Gasteiger charge is 2.36. The average molecular weight is 401 g/mol. The molecule has 0 aliphatic carbocycles. The maximum atomic E-state index is 14.3. The van der Waals surface area contributed by atoms with Gasteiger partial charge in [0, 0.05) is 16.1 Å². The van der Waals surface area contributed by atoms with Gasteiger partial charge < -0.3 is 4.90 Å². The third kappa shape index (κ3) is 3.73. The molecule has 0 N–H and O–H groups in total. The number of thiocarbonyl (C=S) groups is 1. The summed E-state index contributed by atoms with van der Waals surface area (Å²) < 4.78 is 53.7. The first kappa shape index (κ1) is 18.8. The second kappa shape index (κ2) is 6.96. The van der Waals surface area contributed by atoms with Gasteiger partial charge in [0.2, 0.25) is 0 Å². The molecule has 0 radical (unpaired) electrons. The standard InChI is InChI=1S/C18H13ClF4N2S/c1-10-6-11(19)7-13-16(12-4-2-3-5-14(12)20)24-8-15(26)25(17(10)13)9-18(21,22)23/h2-7H,8-9H2,1H3. The summed E-state index contributed by atoms with van der Waals surface area (Å²) in [5, 5.41) is 0.324. The summed E-state index contributed by atoms with van der Waals surface area (Å²) in [5.41, 5.74) is 1.49. The van der Waals surface area contributed by atoms with E-state index in [4.69, 9.17) is 23.8 Å². The van der Waals surface area contributed by atoms with E-state index in [9.17, 15) is 17.6 Å². The van der Waals surface area contributed by atoms with E-state index < -0.39 is 18.5 Å². The minimum Gasteiger partial charge on any atom is -0.324 e. The van der Waals surface area contributed by atoms with Crippen LogP contribution in [-0.2, 0) is 0 Å². The summed E-state index contributed by atoms with van der Waals surface area (Å²) in [6.07, 6.45) is -4.46. The smallest absolute Gasteiger partial charge is 0.324 e. The van der Waals surface area contributed by atoms with Gasteiger partial charge in [0.05, 0.1) is 17.9 Å². The van der Waals surface area contributed by atoms with Gasteiger partial charge in [-0.3, -0.25) is 4.99 Å². The molecule has 1 heterocycles. The van der Waals surface area contributed by atoms with Crippen LogP contribution in [0.2, 0.25) is 5.02 Å². The van der Waals surface area contributed by atoms with Crippen LogP contribution in [0.4, 0.5) is 23.2 Å². The van der Waals surface area contributed by atoms with E-state index in [1.807, 2.05) is 0 Å². The molecule has 0 atom stereocenters.